The predicted octanol–water partition coefficient (Wildman–Crippen LogP) is 6.24. The van der Waals surface area contributed by atoms with Crippen LogP contribution in [0.5, 0.6) is 17.2 Å². The van der Waals surface area contributed by atoms with Gasteiger partial charge in [0.15, 0.2) is 0 Å². The van der Waals surface area contributed by atoms with Gasteiger partial charge in [-0.15, -0.1) is 0 Å². The van der Waals surface area contributed by atoms with Crippen molar-refractivity contribution < 1.29 is 28.6 Å². The number of amides is 1. The van der Waals surface area contributed by atoms with Crippen LogP contribution < -0.4 is 20.1 Å². The van der Waals surface area contributed by atoms with Crippen molar-refractivity contribution in [2.45, 2.75) is 38.8 Å². The van der Waals surface area contributed by atoms with Crippen LogP contribution in [0.15, 0.2) is 73.1 Å². The molecule has 3 aromatic carbocycles. The molecule has 4 aromatic rings. The van der Waals surface area contributed by atoms with E-state index in [0.717, 1.165) is 11.4 Å². The fourth-order valence-corrected chi connectivity index (χ4v) is 5.42. The summed E-state index contributed by atoms with van der Waals surface area (Å²) in [4.78, 5) is 42.0. The zero-order chi connectivity index (χ0) is 28.0. The molecule has 0 spiro atoms. The number of benzene rings is 3. The molecule has 39 heavy (non-hydrogen) atoms. The molecule has 4 rings (SSSR count). The molecule has 0 aliphatic rings. The minimum Gasteiger partial charge on any atom is -0.492 e. The third-order valence-corrected chi connectivity index (χ3v) is 8.48. The summed E-state index contributed by atoms with van der Waals surface area (Å²) in [5, 5.41) is 4.69. The smallest absolute Gasteiger partial charge is 0.341 e. The maximum absolute atomic E-state index is 13.3. The van der Waals surface area contributed by atoms with Crippen LogP contribution in [0.1, 0.15) is 33.6 Å². The first-order valence-corrected chi connectivity index (χ1v) is 14.2. The van der Waals surface area contributed by atoms with Crippen LogP contribution in [0, 0.1) is 0 Å². The zero-order valence-corrected chi connectivity index (χ0v) is 22.8. The zero-order valence-electron chi connectivity index (χ0n) is 21.9. The number of hydrogen-bond acceptors (Lipinski definition) is 7. The molecule has 0 saturated heterocycles. The van der Waals surface area contributed by atoms with Crippen molar-refractivity contribution in [2.24, 2.45) is 0 Å². The Balaban J connectivity index is 1.66. The number of nitrogens with zero attached hydrogens (tertiary/aromatic N) is 2. The van der Waals surface area contributed by atoms with E-state index in [9.17, 15) is 19.1 Å². The minimum absolute atomic E-state index is 0.0307. The van der Waals surface area contributed by atoms with Crippen molar-refractivity contribution in [1.82, 2.24) is 9.97 Å². The summed E-state index contributed by atoms with van der Waals surface area (Å²) in [5.41, 5.74) is 1.57. The summed E-state index contributed by atoms with van der Waals surface area (Å²) in [6.45, 7) is 5.27. The quantitative estimate of drug-likeness (QED) is 0.160. The average Bonchev–Trinajstić information content (AvgIpc) is 2.91. The maximum Gasteiger partial charge on any atom is 0.341 e. The monoisotopic (exact) mass is 550 g/mol. The van der Waals surface area contributed by atoms with Crippen LogP contribution in [0.4, 0.5) is 17.2 Å². The third-order valence-electron chi connectivity index (χ3n) is 6.53. The highest BCUT2D eigenvalue weighted by Gasteiger charge is 2.50. The van der Waals surface area contributed by atoms with Gasteiger partial charge in [-0.1, -0.05) is 32.0 Å². The Morgan fingerprint density at radius 1 is 0.949 bits per heavy atom. The van der Waals surface area contributed by atoms with E-state index in [1.165, 1.54) is 6.33 Å². The molecule has 1 aromatic heterocycles. The van der Waals surface area contributed by atoms with Crippen molar-refractivity contribution in [3.05, 3.63) is 73.1 Å². The second kappa shape index (κ2) is 11.8. The number of fused-ring (bicyclic) bond motifs is 1. The summed E-state index contributed by atoms with van der Waals surface area (Å²) < 4.78 is 23.9. The Kier molecular flexibility index (Phi) is 8.50. The van der Waals surface area contributed by atoms with Crippen molar-refractivity contribution in [3.8, 4) is 17.2 Å². The van der Waals surface area contributed by atoms with Gasteiger partial charge in [-0.3, -0.25) is 9.36 Å². The number of hydrogen-bond donors (Lipinski definition) is 4. The number of ether oxygens (including phenoxy) is 2. The highest BCUT2D eigenvalue weighted by Crippen LogP contribution is 2.55. The molecule has 0 atom stereocenters. The van der Waals surface area contributed by atoms with E-state index >= 15 is 0 Å². The first kappa shape index (κ1) is 28.0. The van der Waals surface area contributed by atoms with Crippen LogP contribution in [-0.4, -0.2) is 37.4 Å². The molecule has 0 unspecified atom stereocenters. The van der Waals surface area contributed by atoms with E-state index in [0.29, 0.717) is 34.8 Å². The Morgan fingerprint density at radius 2 is 1.62 bits per heavy atom. The molecule has 10 nitrogen and oxygen atoms in total. The van der Waals surface area contributed by atoms with Gasteiger partial charge in [0.2, 0.25) is 5.91 Å². The highest BCUT2D eigenvalue weighted by molar-refractivity contribution is 7.54. The van der Waals surface area contributed by atoms with Crippen LogP contribution in [0.25, 0.3) is 10.9 Å². The van der Waals surface area contributed by atoms with E-state index in [-0.39, 0.29) is 18.5 Å². The van der Waals surface area contributed by atoms with Gasteiger partial charge in [-0.05, 0) is 62.2 Å². The Labute approximate surface area is 226 Å². The van der Waals surface area contributed by atoms with Gasteiger partial charge in [-0.2, -0.15) is 0 Å². The normalized spacial score (nSPS) is 11.7. The summed E-state index contributed by atoms with van der Waals surface area (Å²) >= 11 is 0. The summed E-state index contributed by atoms with van der Waals surface area (Å²) in [7, 11) is -4.76. The number of para-hydroxylation sites is 1. The van der Waals surface area contributed by atoms with E-state index < -0.39 is 18.7 Å². The molecule has 11 heteroatoms. The van der Waals surface area contributed by atoms with Gasteiger partial charge >= 0.3 is 7.60 Å². The molecule has 0 radical (unpaired) electrons. The molecule has 204 valence electrons. The van der Waals surface area contributed by atoms with Crippen LogP contribution in [-0.2, 0) is 9.36 Å². The summed E-state index contributed by atoms with van der Waals surface area (Å²) in [6, 6.07) is 20.1. The molecule has 1 heterocycles. The standard InChI is InChI=1S/C28H31N4O6P/c1-4-28(5-2,39(34,35)36)27(33)32-24-16-22-23(17-25(24)37-6-3)29-18-30-26(22)31-19-12-14-21(15-13-19)38-20-10-8-7-9-11-20/h7-18H,4-6H2,1-3H3,(H,32,33)(H,29,30,31)(H2,34,35,36). The lowest BCUT2D eigenvalue weighted by Crippen LogP contribution is -2.41. The van der Waals surface area contributed by atoms with E-state index in [2.05, 4.69) is 20.6 Å². The SMILES string of the molecule is CCOc1cc2ncnc(Nc3ccc(Oc4ccccc4)cc3)c2cc1NC(=O)C(CC)(CC)P(=O)(O)O. The number of carbonyl (C=O) groups excluding carboxylic acids is 1. The number of carbonyl (C=O) groups is 1. The highest BCUT2D eigenvalue weighted by atomic mass is 31.2. The fraction of sp³-hybridized carbons (Fsp3) is 0.250. The fourth-order valence-electron chi connectivity index (χ4n) is 4.28. The van der Waals surface area contributed by atoms with Gasteiger partial charge < -0.3 is 29.9 Å². The largest absolute Gasteiger partial charge is 0.492 e. The topological polar surface area (TPSA) is 143 Å². The minimum atomic E-state index is -4.76. The molecule has 0 saturated carbocycles. The van der Waals surface area contributed by atoms with Crippen molar-refractivity contribution in [3.63, 3.8) is 0 Å². The summed E-state index contributed by atoms with van der Waals surface area (Å²) in [5.74, 6) is 1.43. The van der Waals surface area contributed by atoms with Crippen LogP contribution >= 0.6 is 7.60 Å². The van der Waals surface area contributed by atoms with Crippen molar-refractivity contribution in [2.75, 3.05) is 17.2 Å². The molecular formula is C28H31N4O6P. The number of rotatable bonds is 11. The lowest BCUT2D eigenvalue weighted by Gasteiger charge is -2.31. The van der Waals surface area contributed by atoms with E-state index in [4.69, 9.17) is 9.47 Å². The number of anilines is 3. The Morgan fingerprint density at radius 3 is 2.23 bits per heavy atom. The third kappa shape index (κ3) is 6.04. The Bertz CT molecular complexity index is 1490. The molecule has 0 fully saturated rings. The second-order valence-corrected chi connectivity index (χ2v) is 10.8. The first-order chi connectivity index (χ1) is 18.7. The van der Waals surface area contributed by atoms with Gasteiger partial charge in [-0.25, -0.2) is 9.97 Å². The number of aromatic nitrogens is 2. The van der Waals surface area contributed by atoms with Crippen LogP contribution in [0.3, 0.4) is 0 Å². The van der Waals surface area contributed by atoms with Gasteiger partial charge in [0, 0.05) is 17.1 Å². The average molecular weight is 551 g/mol. The first-order valence-electron chi connectivity index (χ1n) is 12.6. The van der Waals surface area contributed by atoms with E-state index in [1.807, 2.05) is 54.6 Å². The molecular weight excluding hydrogens is 519 g/mol. The predicted molar refractivity (Wildman–Crippen MR) is 151 cm³/mol. The van der Waals surface area contributed by atoms with Crippen molar-refractivity contribution in [1.29, 1.82) is 0 Å². The van der Waals surface area contributed by atoms with Crippen LogP contribution in [0.2, 0.25) is 0 Å². The van der Waals surface area contributed by atoms with Gasteiger partial charge in [0.05, 0.1) is 17.8 Å². The van der Waals surface area contributed by atoms with E-state index in [1.54, 1.807) is 32.9 Å². The van der Waals surface area contributed by atoms with Gasteiger partial charge in [0.25, 0.3) is 0 Å². The molecule has 0 bridgehead atoms. The molecule has 1 amide bonds. The Hall–Kier alpha value is -3.98. The summed E-state index contributed by atoms with van der Waals surface area (Å²) in [6.07, 6.45) is 1.35. The molecule has 0 aliphatic carbocycles. The van der Waals surface area contributed by atoms with Gasteiger partial charge in [0.1, 0.15) is 34.5 Å². The number of nitrogens with one attached hydrogen (secondary N) is 2. The maximum atomic E-state index is 13.3. The molecule has 0 aliphatic heterocycles. The second-order valence-electron chi connectivity index (χ2n) is 8.82. The lowest BCUT2D eigenvalue weighted by molar-refractivity contribution is -0.119. The van der Waals surface area contributed by atoms with Crippen molar-refractivity contribution >= 4 is 41.6 Å². The lowest BCUT2D eigenvalue weighted by atomic mass is 10.0. The molecule has 4 N–H and O–H groups in total.